The highest BCUT2D eigenvalue weighted by atomic mass is 32.1. The molecule has 0 amide bonds. The molecule has 0 radical (unpaired) electrons. The molecule has 1 fully saturated rings. The van der Waals surface area contributed by atoms with Crippen molar-refractivity contribution < 1.29 is 0 Å². The van der Waals surface area contributed by atoms with Gasteiger partial charge >= 0.3 is 0 Å². The van der Waals surface area contributed by atoms with Crippen LogP contribution in [-0.2, 0) is 12.8 Å². The van der Waals surface area contributed by atoms with Crippen LogP contribution in [0, 0.1) is 0 Å². The third-order valence-corrected chi connectivity index (χ3v) is 4.34. The Labute approximate surface area is 76.6 Å². The summed E-state index contributed by atoms with van der Waals surface area (Å²) in [7, 11) is 0. The van der Waals surface area contributed by atoms with E-state index in [2.05, 4.69) is 6.07 Å². The van der Waals surface area contributed by atoms with Gasteiger partial charge in [0.25, 0.3) is 0 Å². The van der Waals surface area contributed by atoms with E-state index in [9.17, 15) is 0 Å². The van der Waals surface area contributed by atoms with E-state index in [-0.39, 0.29) is 0 Å². The second-order valence-electron chi connectivity index (χ2n) is 3.96. The Bertz CT molecular complexity index is 294. The summed E-state index contributed by atoms with van der Waals surface area (Å²) in [6.45, 7) is 0. The Kier molecular flexibility index (Phi) is 1.38. The Morgan fingerprint density at radius 3 is 2.92 bits per heavy atom. The predicted molar refractivity (Wildman–Crippen MR) is 51.7 cm³/mol. The van der Waals surface area contributed by atoms with Gasteiger partial charge in [0.2, 0.25) is 0 Å². The largest absolute Gasteiger partial charge is 0.327 e. The molecule has 0 aromatic carbocycles. The van der Waals surface area contributed by atoms with Crippen LogP contribution in [-0.4, -0.2) is 6.04 Å². The average Bonchev–Trinajstić information content (AvgIpc) is 2.45. The third-order valence-electron chi connectivity index (χ3n) is 2.97. The lowest BCUT2D eigenvalue weighted by atomic mass is 10.2. The van der Waals surface area contributed by atoms with Gasteiger partial charge in [0.1, 0.15) is 0 Å². The summed E-state index contributed by atoms with van der Waals surface area (Å²) < 4.78 is 0. The smallest absolute Gasteiger partial charge is 0.0123 e. The number of aryl methyl sites for hydroxylation is 2. The number of thiophene rings is 1. The van der Waals surface area contributed by atoms with Crippen molar-refractivity contribution in [3.8, 4) is 0 Å². The molecule has 2 unspecified atom stereocenters. The zero-order valence-corrected chi connectivity index (χ0v) is 7.86. The third kappa shape index (κ3) is 0.947. The molecule has 1 heterocycles. The van der Waals surface area contributed by atoms with E-state index in [1.165, 1.54) is 25.7 Å². The van der Waals surface area contributed by atoms with Crippen molar-refractivity contribution in [2.24, 2.45) is 5.73 Å². The molecule has 12 heavy (non-hydrogen) atoms. The Hall–Kier alpha value is -0.340. The summed E-state index contributed by atoms with van der Waals surface area (Å²) in [6.07, 6.45) is 5.23. The Morgan fingerprint density at radius 1 is 1.42 bits per heavy atom. The first-order valence-corrected chi connectivity index (χ1v) is 5.53. The van der Waals surface area contributed by atoms with Gasteiger partial charge in [-0.1, -0.05) is 0 Å². The topological polar surface area (TPSA) is 26.0 Å². The average molecular weight is 179 g/mol. The molecule has 1 aromatic heterocycles. The molecule has 2 heteroatoms. The van der Waals surface area contributed by atoms with Gasteiger partial charge in [-0.05, 0) is 37.3 Å². The highest BCUT2D eigenvalue weighted by Crippen LogP contribution is 2.45. The summed E-state index contributed by atoms with van der Waals surface area (Å²) in [6, 6.07) is 2.88. The molecule has 2 aliphatic carbocycles. The molecule has 2 aliphatic rings. The minimum atomic E-state index is 0.476. The van der Waals surface area contributed by atoms with Crippen molar-refractivity contribution in [3.05, 3.63) is 21.4 Å². The van der Waals surface area contributed by atoms with Crippen molar-refractivity contribution in [2.75, 3.05) is 0 Å². The standard InChI is InChI=1S/C10H13NS/c11-8-5-7(8)10-4-6-2-1-3-9(6)12-10/h4,7-8H,1-3,5,11H2. The maximum atomic E-state index is 5.82. The van der Waals surface area contributed by atoms with E-state index < -0.39 is 0 Å². The maximum Gasteiger partial charge on any atom is 0.0123 e. The van der Waals surface area contributed by atoms with Gasteiger partial charge in [-0.2, -0.15) is 0 Å². The van der Waals surface area contributed by atoms with Crippen LogP contribution in [0.4, 0.5) is 0 Å². The molecule has 0 bridgehead atoms. The minimum Gasteiger partial charge on any atom is -0.327 e. The van der Waals surface area contributed by atoms with Crippen molar-refractivity contribution in [3.63, 3.8) is 0 Å². The van der Waals surface area contributed by atoms with Crippen molar-refractivity contribution in [2.45, 2.75) is 37.6 Å². The molecule has 2 atom stereocenters. The van der Waals surface area contributed by atoms with Crippen molar-refractivity contribution in [1.29, 1.82) is 0 Å². The minimum absolute atomic E-state index is 0.476. The molecule has 0 aliphatic heterocycles. The predicted octanol–water partition coefficient (Wildman–Crippen LogP) is 2.05. The molecule has 0 spiro atoms. The molecule has 1 nitrogen and oxygen atoms in total. The van der Waals surface area contributed by atoms with Gasteiger partial charge in [-0.15, -0.1) is 11.3 Å². The van der Waals surface area contributed by atoms with Crippen LogP contribution < -0.4 is 5.73 Å². The van der Waals surface area contributed by atoms with Gasteiger partial charge in [0.15, 0.2) is 0 Å². The molecular weight excluding hydrogens is 166 g/mol. The summed E-state index contributed by atoms with van der Waals surface area (Å²) in [5, 5.41) is 0. The first kappa shape index (κ1) is 7.10. The fraction of sp³-hybridized carbons (Fsp3) is 0.600. The highest BCUT2D eigenvalue weighted by molar-refractivity contribution is 7.12. The summed E-state index contributed by atoms with van der Waals surface area (Å²) in [4.78, 5) is 3.20. The zero-order chi connectivity index (χ0) is 8.13. The van der Waals surface area contributed by atoms with Crippen LogP contribution in [0.15, 0.2) is 6.07 Å². The summed E-state index contributed by atoms with van der Waals surface area (Å²) >= 11 is 2.02. The number of hydrogen-bond acceptors (Lipinski definition) is 2. The van der Waals surface area contributed by atoms with Crippen molar-refractivity contribution in [1.82, 2.24) is 0 Å². The van der Waals surface area contributed by atoms with E-state index in [1.807, 2.05) is 11.3 Å². The molecule has 0 saturated heterocycles. The van der Waals surface area contributed by atoms with E-state index in [1.54, 1.807) is 15.3 Å². The SMILES string of the molecule is NC1CC1c1cc2c(s1)CCC2. The number of rotatable bonds is 1. The van der Waals surface area contributed by atoms with Gasteiger partial charge in [0.05, 0.1) is 0 Å². The van der Waals surface area contributed by atoms with Gasteiger partial charge in [-0.3, -0.25) is 0 Å². The Balaban J connectivity index is 1.94. The lowest BCUT2D eigenvalue weighted by Crippen LogP contribution is -1.99. The Morgan fingerprint density at radius 2 is 2.25 bits per heavy atom. The van der Waals surface area contributed by atoms with Gasteiger partial charge in [-0.25, -0.2) is 0 Å². The van der Waals surface area contributed by atoms with Crippen LogP contribution in [0.25, 0.3) is 0 Å². The second kappa shape index (κ2) is 2.33. The monoisotopic (exact) mass is 179 g/mol. The van der Waals surface area contributed by atoms with Crippen molar-refractivity contribution >= 4 is 11.3 Å². The highest BCUT2D eigenvalue weighted by Gasteiger charge is 2.36. The van der Waals surface area contributed by atoms with Gasteiger partial charge in [0, 0.05) is 21.7 Å². The number of fused-ring (bicyclic) bond motifs is 1. The lowest BCUT2D eigenvalue weighted by Gasteiger charge is -1.90. The fourth-order valence-corrected chi connectivity index (χ4v) is 3.52. The number of hydrogen-bond donors (Lipinski definition) is 1. The maximum absolute atomic E-state index is 5.82. The normalized spacial score (nSPS) is 32.1. The molecule has 3 rings (SSSR count). The van der Waals surface area contributed by atoms with Crippen LogP contribution >= 0.6 is 11.3 Å². The summed E-state index contributed by atoms with van der Waals surface area (Å²) in [5.41, 5.74) is 7.44. The van der Waals surface area contributed by atoms with Crippen LogP contribution in [0.3, 0.4) is 0 Å². The number of nitrogens with two attached hydrogens (primary N) is 1. The second-order valence-corrected chi connectivity index (χ2v) is 5.13. The first-order valence-electron chi connectivity index (χ1n) is 4.71. The molecule has 2 N–H and O–H groups in total. The molecule has 1 saturated carbocycles. The van der Waals surface area contributed by atoms with E-state index >= 15 is 0 Å². The summed E-state index contributed by atoms with van der Waals surface area (Å²) in [5.74, 6) is 0.723. The quantitative estimate of drug-likeness (QED) is 0.701. The zero-order valence-electron chi connectivity index (χ0n) is 7.05. The van der Waals surface area contributed by atoms with Crippen LogP contribution in [0.1, 0.15) is 34.1 Å². The lowest BCUT2D eigenvalue weighted by molar-refractivity contribution is 0.912. The van der Waals surface area contributed by atoms with E-state index in [0.717, 1.165) is 5.92 Å². The van der Waals surface area contributed by atoms with Gasteiger partial charge < -0.3 is 5.73 Å². The molecule has 1 aromatic rings. The van der Waals surface area contributed by atoms with E-state index in [4.69, 9.17) is 5.73 Å². The first-order chi connectivity index (χ1) is 5.84. The van der Waals surface area contributed by atoms with Crippen LogP contribution in [0.2, 0.25) is 0 Å². The molecular formula is C10H13NS. The molecule has 64 valence electrons. The van der Waals surface area contributed by atoms with E-state index in [0.29, 0.717) is 6.04 Å². The fourth-order valence-electron chi connectivity index (χ4n) is 2.08. The van der Waals surface area contributed by atoms with Crippen LogP contribution in [0.5, 0.6) is 0 Å².